The molecule has 1 aromatic heterocycles. The number of hydrogen-bond donors (Lipinski definition) is 2. The highest BCUT2D eigenvalue weighted by molar-refractivity contribution is 9.12. The van der Waals surface area contributed by atoms with Crippen LogP contribution in [-0.2, 0) is 4.79 Å². The lowest BCUT2D eigenvalue weighted by Crippen LogP contribution is -2.40. The number of aliphatic imine (C=N–C) groups is 1. The Morgan fingerprint density at radius 3 is 2.56 bits per heavy atom. The van der Waals surface area contributed by atoms with E-state index < -0.39 is 5.97 Å². The van der Waals surface area contributed by atoms with E-state index in [1.807, 2.05) is 36.7 Å². The zero-order valence-electron chi connectivity index (χ0n) is 18.6. The summed E-state index contributed by atoms with van der Waals surface area (Å²) in [5.74, 6) is 0.00191. The second kappa shape index (κ2) is 8.05. The maximum absolute atomic E-state index is 11.4. The summed E-state index contributed by atoms with van der Waals surface area (Å²) in [7, 11) is 0. The van der Waals surface area contributed by atoms with Gasteiger partial charge in [0, 0.05) is 23.9 Å². The predicted molar refractivity (Wildman–Crippen MR) is 134 cm³/mol. The van der Waals surface area contributed by atoms with Gasteiger partial charge in [-0.2, -0.15) is 5.10 Å². The van der Waals surface area contributed by atoms with E-state index in [4.69, 9.17) is 10.7 Å². The molecule has 1 spiro atoms. The lowest BCUT2D eigenvalue weighted by Gasteiger charge is -2.35. The van der Waals surface area contributed by atoms with Gasteiger partial charge in [0.05, 0.1) is 27.7 Å². The number of allylic oxidation sites excluding steroid dienone is 1. The van der Waals surface area contributed by atoms with Crippen molar-refractivity contribution >= 4 is 33.8 Å². The minimum atomic E-state index is -0.646. The molecule has 7 nitrogen and oxygen atoms in total. The first kappa shape index (κ1) is 21.5. The molecule has 6 rings (SSSR count). The van der Waals surface area contributed by atoms with Crippen molar-refractivity contribution in [1.29, 1.82) is 0 Å². The minimum absolute atomic E-state index is 0.0104. The number of hydrogen-bond acceptors (Lipinski definition) is 6. The van der Waals surface area contributed by atoms with Gasteiger partial charge in [-0.05, 0) is 65.1 Å². The molecular weight excluding hydrogens is 494 g/mol. The molecule has 174 valence electrons. The summed E-state index contributed by atoms with van der Waals surface area (Å²) >= 11 is 3.68. The van der Waals surface area contributed by atoms with E-state index in [-0.39, 0.29) is 29.3 Å². The Balaban J connectivity index is 1.23. The average molecular weight is 520 g/mol. The monoisotopic (exact) mass is 519 g/mol. The zero-order chi connectivity index (χ0) is 23.4. The first-order chi connectivity index (χ1) is 16.5. The van der Waals surface area contributed by atoms with Crippen LogP contribution in [-0.4, -0.2) is 39.2 Å². The van der Waals surface area contributed by atoms with Crippen LogP contribution in [0.2, 0.25) is 0 Å². The standard InChI is InChI=1S/C26H26BrN5O2/c27-21-22(16-8-10-26(11-9-16)12-19(26)25(33)34)31-24-18(14-30-32(24)23(21)28)17-6-7-20(29-13-17)15-4-2-1-3-5-15/h1-7,13-14,16,18-19,24H,8-12,28H2,(H,33,34). The highest BCUT2D eigenvalue weighted by atomic mass is 79.9. The van der Waals surface area contributed by atoms with Crippen molar-refractivity contribution in [3.63, 3.8) is 0 Å². The number of carboxylic acid groups (broad SMARTS) is 1. The molecule has 2 aliphatic heterocycles. The van der Waals surface area contributed by atoms with Crippen LogP contribution < -0.4 is 5.73 Å². The molecule has 0 saturated heterocycles. The predicted octanol–water partition coefficient (Wildman–Crippen LogP) is 4.72. The third-order valence-corrected chi connectivity index (χ3v) is 8.80. The first-order valence-corrected chi connectivity index (χ1v) is 12.6. The molecule has 2 fully saturated rings. The summed E-state index contributed by atoms with van der Waals surface area (Å²) in [6.45, 7) is 0. The largest absolute Gasteiger partial charge is 0.481 e. The number of rotatable bonds is 4. The Bertz CT molecular complexity index is 1220. The number of carbonyl (C=O) groups is 1. The SMILES string of the molecule is NC1=C(Br)C(C2CCC3(CC2)CC3C(=O)O)=NC2C(c3ccc(-c4ccccc4)nc3)C=NN12. The van der Waals surface area contributed by atoms with Gasteiger partial charge in [0.25, 0.3) is 0 Å². The molecule has 0 bridgehead atoms. The summed E-state index contributed by atoms with van der Waals surface area (Å²) in [6, 6.07) is 14.3. The summed E-state index contributed by atoms with van der Waals surface area (Å²) in [4.78, 5) is 21.3. The Hall–Kier alpha value is -3.00. The van der Waals surface area contributed by atoms with Gasteiger partial charge in [-0.15, -0.1) is 0 Å². The van der Waals surface area contributed by atoms with Crippen molar-refractivity contribution in [2.45, 2.75) is 44.2 Å². The van der Waals surface area contributed by atoms with Crippen LogP contribution in [0.15, 0.2) is 69.1 Å². The van der Waals surface area contributed by atoms with Crippen LogP contribution in [0.1, 0.15) is 43.6 Å². The third-order valence-electron chi connectivity index (χ3n) is 7.99. The Morgan fingerprint density at radius 2 is 1.91 bits per heavy atom. The highest BCUT2D eigenvalue weighted by Gasteiger charge is 2.59. The van der Waals surface area contributed by atoms with Gasteiger partial charge < -0.3 is 10.8 Å². The summed E-state index contributed by atoms with van der Waals surface area (Å²) in [5, 5.41) is 15.8. The fourth-order valence-electron chi connectivity index (χ4n) is 5.85. The number of nitrogens with two attached hydrogens (primary N) is 1. The van der Waals surface area contributed by atoms with Gasteiger partial charge in [0.1, 0.15) is 5.82 Å². The van der Waals surface area contributed by atoms with E-state index in [2.05, 4.69) is 44.2 Å². The van der Waals surface area contributed by atoms with Crippen LogP contribution in [0.5, 0.6) is 0 Å². The lowest BCUT2D eigenvalue weighted by molar-refractivity contribution is -0.139. The van der Waals surface area contributed by atoms with Gasteiger partial charge in [-0.3, -0.25) is 14.8 Å². The maximum atomic E-state index is 11.4. The van der Waals surface area contributed by atoms with E-state index in [1.54, 1.807) is 5.01 Å². The molecule has 1 aromatic carbocycles. The van der Waals surface area contributed by atoms with E-state index in [9.17, 15) is 9.90 Å². The molecule has 3 N–H and O–H groups in total. The number of carboxylic acids is 1. The number of halogens is 1. The van der Waals surface area contributed by atoms with Crippen molar-refractivity contribution in [3.8, 4) is 11.3 Å². The van der Waals surface area contributed by atoms with Crippen LogP contribution in [0.25, 0.3) is 11.3 Å². The number of fused-ring (bicyclic) bond motifs is 1. The number of aromatic nitrogens is 1. The van der Waals surface area contributed by atoms with Gasteiger partial charge in [0.2, 0.25) is 0 Å². The quantitative estimate of drug-likeness (QED) is 0.608. The van der Waals surface area contributed by atoms with Crippen molar-refractivity contribution in [2.75, 3.05) is 0 Å². The Labute approximate surface area is 206 Å². The summed E-state index contributed by atoms with van der Waals surface area (Å²) in [6.07, 6.45) is 8.15. The van der Waals surface area contributed by atoms with E-state index >= 15 is 0 Å². The Morgan fingerprint density at radius 1 is 1.15 bits per heavy atom. The maximum Gasteiger partial charge on any atom is 0.307 e. The molecule has 3 unspecified atom stereocenters. The molecular formula is C26H26BrN5O2. The molecule has 34 heavy (non-hydrogen) atoms. The zero-order valence-corrected chi connectivity index (χ0v) is 20.2. The minimum Gasteiger partial charge on any atom is -0.481 e. The van der Waals surface area contributed by atoms with E-state index in [0.717, 1.165) is 59.1 Å². The third kappa shape index (κ3) is 3.47. The lowest BCUT2D eigenvalue weighted by atomic mass is 9.76. The number of benzene rings is 1. The summed E-state index contributed by atoms with van der Waals surface area (Å²) in [5.41, 5.74) is 10.6. The Kier molecular flexibility index (Phi) is 5.09. The molecule has 2 saturated carbocycles. The molecule has 3 heterocycles. The number of hydrazone groups is 1. The molecule has 4 aliphatic rings. The van der Waals surface area contributed by atoms with Gasteiger partial charge in [-0.1, -0.05) is 36.4 Å². The second-order valence-electron chi connectivity index (χ2n) is 9.84. The second-order valence-corrected chi connectivity index (χ2v) is 10.6. The van der Waals surface area contributed by atoms with Crippen LogP contribution in [0.4, 0.5) is 0 Å². The fraction of sp³-hybridized carbons (Fsp3) is 0.385. The van der Waals surface area contributed by atoms with Crippen LogP contribution in [0, 0.1) is 17.3 Å². The van der Waals surface area contributed by atoms with Crippen molar-refractivity contribution < 1.29 is 9.90 Å². The van der Waals surface area contributed by atoms with Gasteiger partial charge in [0.15, 0.2) is 6.17 Å². The number of pyridine rings is 1. The summed E-state index contributed by atoms with van der Waals surface area (Å²) < 4.78 is 0.811. The topological polar surface area (TPSA) is 104 Å². The van der Waals surface area contributed by atoms with Crippen molar-refractivity contribution in [2.24, 2.45) is 33.1 Å². The van der Waals surface area contributed by atoms with Gasteiger partial charge in [-0.25, -0.2) is 5.01 Å². The molecule has 0 radical (unpaired) electrons. The fourth-order valence-corrected chi connectivity index (χ4v) is 6.46. The normalized spacial score (nSPS) is 32.0. The van der Waals surface area contributed by atoms with E-state index in [0.29, 0.717) is 5.82 Å². The average Bonchev–Trinajstić information content (AvgIpc) is 3.40. The van der Waals surface area contributed by atoms with Crippen LogP contribution in [0.3, 0.4) is 0 Å². The molecule has 3 atom stereocenters. The molecule has 2 aromatic rings. The smallest absolute Gasteiger partial charge is 0.307 e. The van der Waals surface area contributed by atoms with Gasteiger partial charge >= 0.3 is 5.97 Å². The van der Waals surface area contributed by atoms with E-state index in [1.165, 1.54) is 0 Å². The van der Waals surface area contributed by atoms with Crippen molar-refractivity contribution in [3.05, 3.63) is 64.5 Å². The molecule has 8 heteroatoms. The first-order valence-electron chi connectivity index (χ1n) is 11.8. The highest BCUT2D eigenvalue weighted by Crippen LogP contribution is 2.62. The molecule has 0 amide bonds. The van der Waals surface area contributed by atoms with Crippen molar-refractivity contribution in [1.82, 2.24) is 9.99 Å². The number of nitrogens with zero attached hydrogens (tertiary/aromatic N) is 4. The van der Waals surface area contributed by atoms with Crippen LogP contribution >= 0.6 is 15.9 Å². The molecule has 2 aliphatic carbocycles. The number of aliphatic carboxylic acids is 1.